The summed E-state index contributed by atoms with van der Waals surface area (Å²) in [6.07, 6.45) is 6.14. The number of benzene rings is 5. The van der Waals surface area contributed by atoms with E-state index in [0.717, 1.165) is 90.6 Å². The van der Waals surface area contributed by atoms with Gasteiger partial charge in [0, 0.05) is 91.7 Å². The quantitative estimate of drug-likeness (QED) is 0.0126. The number of carboxylic acid groups (broad SMARTS) is 1. The number of aryl methyl sites for hydroxylation is 2. The molecule has 0 unspecified atom stereocenters. The van der Waals surface area contributed by atoms with Crippen LogP contribution in [0.1, 0.15) is 190 Å². The van der Waals surface area contributed by atoms with Gasteiger partial charge in [0.25, 0.3) is 0 Å². The SMILES string of the molecule is CNCCOCCOCCOCCn1nnc2c1-c1ccccc1N(C(=O)CCC(=O)NCCOCCOCCOCCOCCC(=O)N[C@H](C(=O)C[C@@H](CCCNC(N)=O)C(=O)Nc1ccc(COC(=O)N[C@@H](CCC(=O)O)C(=O)Cc3ccc4c(c3)[C@@]3(C)CCC[C@](C)(C(=O)CC(=O)[C@@]5(C)CCC[C@]6(C)c7cc(O)ccc7CC[C@@H]56)[C@@H]3CC4)cc1)C(C)C)Cc1ccccc1-2. The Balaban J connectivity index is 0.557. The van der Waals surface area contributed by atoms with Crippen LogP contribution in [0.25, 0.3) is 22.5 Å². The number of aromatic nitrogens is 3. The lowest BCUT2D eigenvalue weighted by Crippen LogP contribution is -2.55. The number of likely N-dealkylation sites (N-methyl/N-ethyl adjacent to an activating group) is 1. The van der Waals surface area contributed by atoms with Gasteiger partial charge in [-0.3, -0.25) is 43.2 Å². The summed E-state index contributed by atoms with van der Waals surface area (Å²) in [5.74, 6) is -4.47. The zero-order valence-electron chi connectivity index (χ0n) is 77.7. The summed E-state index contributed by atoms with van der Waals surface area (Å²) in [6, 6.07) is 30.5. The number of ketones is 4. The minimum absolute atomic E-state index is 0.00482. The maximum absolute atomic E-state index is 15.0. The van der Waals surface area contributed by atoms with Crippen LogP contribution in [0.5, 0.6) is 5.75 Å². The topological polar surface area (TPSA) is 434 Å². The maximum atomic E-state index is 15.0. The number of carbonyl (C=O) groups is 11. The molecule has 0 saturated heterocycles. The van der Waals surface area contributed by atoms with Crippen molar-refractivity contribution in [3.63, 3.8) is 0 Å². The number of nitrogens with one attached hydrogen (secondary N) is 6. The van der Waals surface area contributed by atoms with Crippen LogP contribution >= 0.6 is 0 Å². The molecular weight excluding hydrogens is 1690 g/mol. The molecule has 9 atom stereocenters. The molecule has 5 aliphatic rings. The number of primary amides is 1. The second-order valence-corrected chi connectivity index (χ2v) is 36.7. The van der Waals surface area contributed by atoms with Crippen molar-refractivity contribution in [1.82, 2.24) is 41.6 Å². The number of Topliss-reactive ketones (excluding diaryl/α,β-unsaturated/α-hetero) is 4. The number of aliphatic carboxylic acids is 1. The molecule has 2 saturated carbocycles. The van der Waals surface area contributed by atoms with Gasteiger partial charge in [0.15, 0.2) is 11.6 Å². The summed E-state index contributed by atoms with van der Waals surface area (Å²) in [4.78, 5) is 151. The standard InChI is InChI=1S/C100H135N11O21/c1-66(2)91(107-88(118)36-45-125-49-53-129-57-58-131-55-51-127-47-43-103-87(117)33-34-89(119)110-64-72-15-8-9-17-75(72)92-93(76-18-10-11-19-80(76)110)111(109-108-92)44-48-128-52-56-130-54-50-126-46-42-102-7)82(114)61-71(16-12-41-104-95(101)123)94(122)105-73-27-21-67(22-28-73)65-132-96(124)106-79(30-35-90(120)121)81(113)60-68-20-23-69-25-31-83-97(3,77(69)59-68)37-13-39-99(83,5)85(115)63-86(116)100(6)40-14-38-98(4)78-62-74(112)29-24-70(78)26-32-84(98)100/h8-11,15,17-24,27-29,59,62,66,71,79,83-84,91,102,112H,12-14,16,25-26,30-58,60-61,63-65H2,1-7H3,(H,103,117)(H,105,122)(H,106,124)(H,107,118)(H,120,121)(H3,101,104,123)/t71-,79+,83-,84-,91+,97-,98-,99+,100+/m1/s1. The number of urea groups is 1. The molecule has 11 rings (SSSR count). The molecule has 10 N–H and O–H groups in total. The van der Waals surface area contributed by atoms with Crippen LogP contribution in [0.4, 0.5) is 21.0 Å². The lowest BCUT2D eigenvalue weighted by Gasteiger charge is -2.56. The highest BCUT2D eigenvalue weighted by atomic mass is 16.6. The third-order valence-corrected chi connectivity index (χ3v) is 27.3. The summed E-state index contributed by atoms with van der Waals surface area (Å²) in [7, 11) is 1.87. The molecule has 1 aromatic heterocycles. The van der Waals surface area contributed by atoms with E-state index in [9.17, 15) is 58.2 Å². The van der Waals surface area contributed by atoms with Gasteiger partial charge in [0.05, 0.1) is 135 Å². The maximum Gasteiger partial charge on any atom is 0.408 e. The zero-order valence-corrected chi connectivity index (χ0v) is 77.7. The Morgan fingerprint density at radius 2 is 1.14 bits per heavy atom. The Hall–Kier alpha value is -10.7. The van der Waals surface area contributed by atoms with Crippen molar-refractivity contribution in [2.24, 2.45) is 40.2 Å². The fraction of sp³-hybridized carbons (Fsp3) is 0.570. The number of carboxylic acids is 1. The summed E-state index contributed by atoms with van der Waals surface area (Å²) < 4.78 is 47.0. The first-order valence-corrected chi connectivity index (χ1v) is 46.8. The Morgan fingerprint density at radius 3 is 1.77 bits per heavy atom. The van der Waals surface area contributed by atoms with Crippen LogP contribution in [0, 0.1) is 34.5 Å². The number of phenols is 1. The molecular formula is C100H135N11O21. The molecule has 1 aliphatic heterocycles. The van der Waals surface area contributed by atoms with Gasteiger partial charge < -0.3 is 90.6 Å². The third-order valence-electron chi connectivity index (χ3n) is 27.3. The predicted molar refractivity (Wildman–Crippen MR) is 494 cm³/mol. The third kappa shape index (κ3) is 27.3. The van der Waals surface area contributed by atoms with Gasteiger partial charge in [0.1, 0.15) is 29.6 Å². The fourth-order valence-corrected chi connectivity index (χ4v) is 20.3. The van der Waals surface area contributed by atoms with E-state index >= 15 is 4.79 Å². The molecule has 4 aliphatic carbocycles. The molecule has 0 radical (unpaired) electrons. The van der Waals surface area contributed by atoms with Crippen molar-refractivity contribution in [2.45, 2.75) is 213 Å². The van der Waals surface area contributed by atoms with Crippen LogP contribution in [0.2, 0.25) is 0 Å². The smallest absolute Gasteiger partial charge is 0.408 e. The van der Waals surface area contributed by atoms with Crippen molar-refractivity contribution >= 4 is 76.2 Å². The molecule has 7 amide bonds. The van der Waals surface area contributed by atoms with Gasteiger partial charge in [-0.2, -0.15) is 0 Å². The van der Waals surface area contributed by atoms with E-state index in [1.807, 2.05) is 85.9 Å². The van der Waals surface area contributed by atoms with Gasteiger partial charge in [-0.1, -0.05) is 138 Å². The van der Waals surface area contributed by atoms with Crippen LogP contribution in [0.3, 0.4) is 0 Å². The van der Waals surface area contributed by atoms with E-state index < -0.39 is 76.4 Å². The lowest BCUT2D eigenvalue weighted by atomic mass is 9.47. The number of aromatic hydroxyl groups is 1. The van der Waals surface area contributed by atoms with Crippen molar-refractivity contribution < 1.29 is 101 Å². The summed E-state index contributed by atoms with van der Waals surface area (Å²) in [6.45, 7) is 18.3. The largest absolute Gasteiger partial charge is 0.508 e. The number of nitrogens with two attached hydrogens (primary N) is 1. The van der Waals surface area contributed by atoms with Gasteiger partial charge in [0.2, 0.25) is 23.6 Å². The van der Waals surface area contributed by atoms with E-state index in [1.165, 1.54) is 5.56 Å². The van der Waals surface area contributed by atoms with Crippen LogP contribution in [-0.2, 0) is 131 Å². The van der Waals surface area contributed by atoms with Crippen LogP contribution in [-0.4, -0.2) is 221 Å². The molecule has 32 nitrogen and oxygen atoms in total. The molecule has 2 heterocycles. The predicted octanol–water partition coefficient (Wildman–Crippen LogP) is 11.1. The Labute approximate surface area is 773 Å². The summed E-state index contributed by atoms with van der Waals surface area (Å²) in [5, 5.41) is 46.1. The molecule has 0 bridgehead atoms. The zero-order chi connectivity index (χ0) is 94.4. The minimum Gasteiger partial charge on any atom is -0.508 e. The number of phenolic OH excluding ortho intramolecular Hbond substituents is 1. The molecule has 0 spiro atoms. The van der Waals surface area contributed by atoms with Gasteiger partial charge in [-0.25, -0.2) is 14.3 Å². The van der Waals surface area contributed by atoms with Gasteiger partial charge in [-0.15, -0.1) is 5.10 Å². The Morgan fingerprint density at radius 1 is 0.568 bits per heavy atom. The summed E-state index contributed by atoms with van der Waals surface area (Å²) >= 11 is 0. The van der Waals surface area contributed by atoms with Crippen molar-refractivity contribution in [3.05, 3.63) is 148 Å². The number of alkyl carbamates (subject to hydrolysis) is 1. The number of para-hydroxylation sites is 1. The Bertz CT molecular complexity index is 4950. The van der Waals surface area contributed by atoms with Crippen LogP contribution < -0.4 is 42.5 Å². The highest BCUT2D eigenvalue weighted by Crippen LogP contribution is 2.61. The average Bonchev–Trinajstić information content (AvgIpc) is 0.865. The van der Waals surface area contributed by atoms with Crippen molar-refractivity contribution in [2.75, 3.05) is 129 Å². The van der Waals surface area contributed by atoms with E-state index in [-0.39, 0.29) is 189 Å². The molecule has 6 aromatic rings. The second kappa shape index (κ2) is 49.3. The number of rotatable bonds is 54. The minimum atomic E-state index is -1.22. The highest BCUT2D eigenvalue weighted by molar-refractivity contribution is 6.05. The number of hydrogen-bond donors (Lipinski definition) is 9. The van der Waals surface area contributed by atoms with Crippen molar-refractivity contribution in [1.29, 1.82) is 0 Å². The number of anilines is 2. The normalized spacial score (nSPS) is 20.0. The van der Waals surface area contributed by atoms with Gasteiger partial charge in [-0.05, 0) is 176 Å². The molecule has 5 aromatic carbocycles. The average molecular weight is 1830 g/mol. The second-order valence-electron chi connectivity index (χ2n) is 36.7. The van der Waals surface area contributed by atoms with E-state index in [1.54, 1.807) is 53.8 Å². The first-order chi connectivity index (χ1) is 63.5. The molecule has 132 heavy (non-hydrogen) atoms. The molecule has 32 heteroatoms. The number of ether oxygens (including phenoxy) is 8. The number of carbonyl (C=O) groups excluding carboxylic acids is 10. The fourth-order valence-electron chi connectivity index (χ4n) is 20.3. The number of fused-ring (bicyclic) bond motifs is 11. The number of hydrogen-bond acceptors (Lipinski definition) is 23. The highest BCUT2D eigenvalue weighted by Gasteiger charge is 2.58. The van der Waals surface area contributed by atoms with Crippen LogP contribution in [0.15, 0.2) is 109 Å². The lowest BCUT2D eigenvalue weighted by molar-refractivity contribution is -0.146. The van der Waals surface area contributed by atoms with E-state index in [0.29, 0.717) is 100 Å². The molecule has 716 valence electrons. The molecule has 2 fully saturated rings. The number of amides is 7. The summed E-state index contributed by atoms with van der Waals surface area (Å²) in [5.41, 5.74) is 13.8. The monoisotopic (exact) mass is 1830 g/mol. The number of nitrogens with zero attached hydrogens (tertiary/aromatic N) is 4. The van der Waals surface area contributed by atoms with E-state index in [4.69, 9.17) is 43.6 Å². The van der Waals surface area contributed by atoms with Crippen molar-refractivity contribution in [3.8, 4) is 28.3 Å². The van der Waals surface area contributed by atoms with E-state index in [2.05, 4.69) is 69.9 Å². The van der Waals surface area contributed by atoms with Gasteiger partial charge >= 0.3 is 18.1 Å². The Kier molecular flexibility index (Phi) is 38.0. The first-order valence-electron chi connectivity index (χ1n) is 46.8. The first kappa shape index (κ1) is 102.